The van der Waals surface area contributed by atoms with Crippen molar-refractivity contribution in [2.45, 2.75) is 32.8 Å². The number of halogens is 1. The molecule has 11 heteroatoms. The van der Waals surface area contributed by atoms with Crippen LogP contribution in [0.25, 0.3) is 11.1 Å². The highest BCUT2D eigenvalue weighted by Crippen LogP contribution is 2.25. The summed E-state index contributed by atoms with van der Waals surface area (Å²) in [6.45, 7) is 3.46. The van der Waals surface area contributed by atoms with Crippen molar-refractivity contribution in [2.24, 2.45) is 11.7 Å². The van der Waals surface area contributed by atoms with E-state index in [4.69, 9.17) is 20.6 Å². The molecule has 0 atom stereocenters. The van der Waals surface area contributed by atoms with E-state index in [1.54, 1.807) is 12.1 Å². The highest BCUT2D eigenvalue weighted by molar-refractivity contribution is 5.90. The zero-order valence-corrected chi connectivity index (χ0v) is 18.3. The van der Waals surface area contributed by atoms with Crippen LogP contribution in [-0.2, 0) is 16.1 Å². The number of nitrogens with one attached hydrogen (secondary N) is 2. The van der Waals surface area contributed by atoms with Gasteiger partial charge in [0.2, 0.25) is 5.91 Å². The van der Waals surface area contributed by atoms with E-state index < -0.39 is 17.9 Å². The van der Waals surface area contributed by atoms with Gasteiger partial charge in [0, 0.05) is 48.6 Å². The number of carbonyl (C=O) groups is 2. The number of benzene rings is 1. The number of hydrogen-bond donors (Lipinski definition) is 3. The lowest BCUT2D eigenvalue weighted by molar-refractivity contribution is -0.132. The summed E-state index contributed by atoms with van der Waals surface area (Å²) in [7, 11) is 0. The SMILES string of the molecule is CCC(=O)N1CCC(COc2ncc(-c3cccc(COC(=O)NC(=N)N)c3F)cn2)CC1. The van der Waals surface area contributed by atoms with Crippen LogP contribution in [0.2, 0.25) is 0 Å². The summed E-state index contributed by atoms with van der Waals surface area (Å²) in [5.74, 6) is -0.636. The number of ether oxygens (including phenoxy) is 2. The van der Waals surface area contributed by atoms with Crippen molar-refractivity contribution < 1.29 is 23.5 Å². The lowest BCUT2D eigenvalue weighted by Crippen LogP contribution is -2.39. The molecular weight excluding hydrogens is 431 g/mol. The summed E-state index contributed by atoms with van der Waals surface area (Å²) in [6.07, 6.45) is 4.25. The maximum absolute atomic E-state index is 14.9. The summed E-state index contributed by atoms with van der Waals surface area (Å²) in [4.78, 5) is 33.4. The Bertz CT molecular complexity index is 993. The number of alkyl carbamates (subject to hydrolysis) is 1. The van der Waals surface area contributed by atoms with Crippen molar-refractivity contribution in [3.05, 3.63) is 42.0 Å². The number of amides is 2. The first-order valence-electron chi connectivity index (χ1n) is 10.7. The number of likely N-dealkylation sites (tertiary alicyclic amines) is 1. The van der Waals surface area contributed by atoms with Crippen LogP contribution in [0, 0.1) is 17.1 Å². The van der Waals surface area contributed by atoms with Gasteiger partial charge in [-0.25, -0.2) is 19.2 Å². The monoisotopic (exact) mass is 458 g/mol. The van der Waals surface area contributed by atoms with Crippen molar-refractivity contribution in [3.63, 3.8) is 0 Å². The fourth-order valence-electron chi connectivity index (χ4n) is 3.50. The molecule has 1 fully saturated rings. The van der Waals surface area contributed by atoms with Gasteiger partial charge in [0.05, 0.1) is 6.61 Å². The van der Waals surface area contributed by atoms with E-state index in [2.05, 4.69) is 9.97 Å². The molecule has 0 saturated carbocycles. The highest BCUT2D eigenvalue weighted by atomic mass is 19.1. The standard InChI is InChI=1S/C22H27FN6O4/c1-2-18(30)29-8-6-14(7-9-29)12-32-21-26-10-16(11-27-21)17-5-3-4-15(19(17)23)13-33-22(31)28-20(24)25/h3-5,10-11,14H,2,6-9,12-13H2,1H3,(H4,24,25,28,31). The zero-order chi connectivity index (χ0) is 23.8. The maximum atomic E-state index is 14.9. The molecule has 176 valence electrons. The largest absolute Gasteiger partial charge is 0.463 e. The molecule has 2 amide bonds. The molecule has 10 nitrogen and oxygen atoms in total. The fraction of sp³-hybridized carbons (Fsp3) is 0.409. The number of piperidine rings is 1. The maximum Gasteiger partial charge on any atom is 0.414 e. The van der Waals surface area contributed by atoms with Crippen molar-refractivity contribution >= 4 is 18.0 Å². The van der Waals surface area contributed by atoms with E-state index in [1.165, 1.54) is 18.5 Å². The molecule has 1 aliphatic heterocycles. The Morgan fingerprint density at radius 1 is 1.27 bits per heavy atom. The van der Waals surface area contributed by atoms with Crippen molar-refractivity contribution in [1.29, 1.82) is 5.41 Å². The third kappa shape index (κ3) is 6.61. The molecule has 2 aromatic rings. The van der Waals surface area contributed by atoms with Crippen LogP contribution in [0.3, 0.4) is 0 Å². The summed E-state index contributed by atoms with van der Waals surface area (Å²) in [6, 6.07) is 4.88. The van der Waals surface area contributed by atoms with Crippen LogP contribution in [0.5, 0.6) is 6.01 Å². The molecule has 2 heterocycles. The molecule has 1 aromatic carbocycles. The van der Waals surface area contributed by atoms with E-state index in [9.17, 15) is 14.0 Å². The second-order valence-electron chi connectivity index (χ2n) is 7.64. The molecule has 0 unspecified atom stereocenters. The first-order valence-corrected chi connectivity index (χ1v) is 10.7. The second kappa shape index (κ2) is 11.2. The molecule has 1 aliphatic rings. The predicted octanol–water partition coefficient (Wildman–Crippen LogP) is 2.43. The first-order chi connectivity index (χ1) is 15.9. The predicted molar refractivity (Wildman–Crippen MR) is 118 cm³/mol. The van der Waals surface area contributed by atoms with E-state index >= 15 is 0 Å². The number of hydrogen-bond acceptors (Lipinski definition) is 7. The summed E-state index contributed by atoms with van der Waals surface area (Å²) < 4.78 is 25.4. The van der Waals surface area contributed by atoms with E-state index in [1.807, 2.05) is 17.1 Å². The molecule has 3 rings (SSSR count). The van der Waals surface area contributed by atoms with E-state index in [0.717, 1.165) is 25.9 Å². The van der Waals surface area contributed by atoms with Crippen LogP contribution in [0.4, 0.5) is 9.18 Å². The lowest BCUT2D eigenvalue weighted by atomic mass is 9.97. The number of guanidine groups is 1. The Morgan fingerprint density at radius 2 is 1.97 bits per heavy atom. The third-order valence-corrected chi connectivity index (χ3v) is 5.33. The number of nitrogens with zero attached hydrogens (tertiary/aromatic N) is 3. The van der Waals surface area contributed by atoms with Gasteiger partial charge >= 0.3 is 12.1 Å². The van der Waals surface area contributed by atoms with Gasteiger partial charge in [-0.2, -0.15) is 0 Å². The van der Waals surface area contributed by atoms with Crippen molar-refractivity contribution in [3.8, 4) is 17.1 Å². The molecule has 0 aliphatic carbocycles. The van der Waals surface area contributed by atoms with Gasteiger partial charge in [-0.15, -0.1) is 0 Å². The van der Waals surface area contributed by atoms with E-state index in [0.29, 0.717) is 24.5 Å². The topological polar surface area (TPSA) is 144 Å². The van der Waals surface area contributed by atoms with Gasteiger partial charge in [-0.3, -0.25) is 15.5 Å². The molecule has 1 saturated heterocycles. The zero-order valence-electron chi connectivity index (χ0n) is 18.3. The number of rotatable bonds is 7. The van der Waals surface area contributed by atoms with Crippen LogP contribution >= 0.6 is 0 Å². The van der Waals surface area contributed by atoms with Gasteiger partial charge < -0.3 is 20.1 Å². The van der Waals surface area contributed by atoms with Gasteiger partial charge in [-0.05, 0) is 18.8 Å². The highest BCUT2D eigenvalue weighted by Gasteiger charge is 2.22. The van der Waals surface area contributed by atoms with E-state index in [-0.39, 0.29) is 29.7 Å². The molecular formula is C22H27FN6O4. The smallest absolute Gasteiger partial charge is 0.414 e. The number of aromatic nitrogens is 2. The normalized spacial score (nSPS) is 13.9. The van der Waals surface area contributed by atoms with Gasteiger partial charge in [0.15, 0.2) is 5.96 Å². The average Bonchev–Trinajstić information content (AvgIpc) is 2.82. The summed E-state index contributed by atoms with van der Waals surface area (Å²) in [5.41, 5.74) is 5.90. The summed E-state index contributed by atoms with van der Waals surface area (Å²) >= 11 is 0. The van der Waals surface area contributed by atoms with Gasteiger partial charge in [0.25, 0.3) is 0 Å². The lowest BCUT2D eigenvalue weighted by Gasteiger charge is -2.31. The molecule has 1 aromatic heterocycles. The Labute approximate surface area is 190 Å². The van der Waals surface area contributed by atoms with Crippen LogP contribution in [0.1, 0.15) is 31.7 Å². The minimum atomic E-state index is -0.945. The Hall–Kier alpha value is -3.76. The van der Waals surface area contributed by atoms with Crippen LogP contribution < -0.4 is 15.8 Å². The molecule has 33 heavy (non-hydrogen) atoms. The number of carbonyl (C=O) groups excluding carboxylic acids is 2. The average molecular weight is 458 g/mol. The quantitative estimate of drug-likeness (QED) is 0.427. The fourth-order valence-corrected chi connectivity index (χ4v) is 3.50. The molecule has 4 N–H and O–H groups in total. The Morgan fingerprint density at radius 3 is 2.61 bits per heavy atom. The second-order valence-corrected chi connectivity index (χ2v) is 7.64. The summed E-state index contributed by atoms with van der Waals surface area (Å²) in [5, 5.41) is 8.94. The Kier molecular flexibility index (Phi) is 8.11. The molecule has 0 spiro atoms. The minimum Gasteiger partial charge on any atom is -0.463 e. The van der Waals surface area contributed by atoms with Crippen molar-refractivity contribution in [2.75, 3.05) is 19.7 Å². The van der Waals surface area contributed by atoms with Crippen LogP contribution in [-0.4, -0.2) is 52.5 Å². The first kappa shape index (κ1) is 23.9. The third-order valence-electron chi connectivity index (χ3n) is 5.33. The van der Waals surface area contributed by atoms with Gasteiger partial charge in [0.1, 0.15) is 12.4 Å². The Balaban J connectivity index is 1.55. The minimum absolute atomic E-state index is 0.152. The number of nitrogens with two attached hydrogens (primary N) is 1. The van der Waals surface area contributed by atoms with Crippen LogP contribution in [0.15, 0.2) is 30.6 Å². The molecule has 0 bridgehead atoms. The van der Waals surface area contributed by atoms with Gasteiger partial charge in [-0.1, -0.05) is 25.1 Å². The van der Waals surface area contributed by atoms with Crippen molar-refractivity contribution in [1.82, 2.24) is 20.2 Å². The molecule has 0 radical (unpaired) electrons.